The van der Waals surface area contributed by atoms with Crippen LogP contribution in [0.5, 0.6) is 28.9 Å². The Labute approximate surface area is 123 Å². The molecule has 6 nitrogen and oxygen atoms in total. The molecular weight excluding hydrogens is 272 g/mol. The fourth-order valence-electron chi connectivity index (χ4n) is 1.90. The SMILES string of the molecule is COc1cc(Oc2ncccc2CN)cc(OC)c1OC. The van der Waals surface area contributed by atoms with Crippen molar-refractivity contribution in [2.75, 3.05) is 21.3 Å². The van der Waals surface area contributed by atoms with Gasteiger partial charge in [0.05, 0.1) is 21.3 Å². The summed E-state index contributed by atoms with van der Waals surface area (Å²) in [5.74, 6) is 2.51. The summed E-state index contributed by atoms with van der Waals surface area (Å²) in [4.78, 5) is 4.18. The van der Waals surface area contributed by atoms with Crippen LogP contribution < -0.4 is 24.7 Å². The minimum absolute atomic E-state index is 0.341. The molecule has 0 fully saturated rings. The van der Waals surface area contributed by atoms with Crippen LogP contribution in [-0.2, 0) is 6.54 Å². The van der Waals surface area contributed by atoms with Gasteiger partial charge in [-0.1, -0.05) is 6.07 Å². The van der Waals surface area contributed by atoms with E-state index >= 15 is 0 Å². The van der Waals surface area contributed by atoms with Crippen molar-refractivity contribution >= 4 is 0 Å². The highest BCUT2D eigenvalue weighted by molar-refractivity contribution is 5.56. The summed E-state index contributed by atoms with van der Waals surface area (Å²) in [6.07, 6.45) is 1.65. The summed E-state index contributed by atoms with van der Waals surface area (Å²) in [6.45, 7) is 0.341. The zero-order chi connectivity index (χ0) is 15.2. The molecule has 0 aliphatic carbocycles. The average Bonchev–Trinajstić information content (AvgIpc) is 2.54. The molecule has 0 saturated heterocycles. The molecule has 0 aliphatic rings. The first-order valence-corrected chi connectivity index (χ1v) is 6.35. The normalized spacial score (nSPS) is 10.1. The van der Waals surface area contributed by atoms with Crippen LogP contribution in [0.15, 0.2) is 30.5 Å². The van der Waals surface area contributed by atoms with E-state index < -0.39 is 0 Å². The van der Waals surface area contributed by atoms with Gasteiger partial charge in [-0.3, -0.25) is 0 Å². The van der Waals surface area contributed by atoms with Gasteiger partial charge in [0.2, 0.25) is 11.6 Å². The van der Waals surface area contributed by atoms with Gasteiger partial charge in [-0.05, 0) is 6.07 Å². The predicted molar refractivity (Wildman–Crippen MR) is 78.3 cm³/mol. The van der Waals surface area contributed by atoms with Gasteiger partial charge in [-0.15, -0.1) is 0 Å². The van der Waals surface area contributed by atoms with Crippen molar-refractivity contribution in [3.8, 4) is 28.9 Å². The summed E-state index contributed by atoms with van der Waals surface area (Å²) < 4.78 is 21.6. The molecule has 1 heterocycles. The predicted octanol–water partition coefficient (Wildman–Crippen LogP) is 2.36. The molecule has 0 saturated carbocycles. The molecule has 1 aromatic carbocycles. The van der Waals surface area contributed by atoms with Crippen LogP contribution in [0.3, 0.4) is 0 Å². The fourth-order valence-corrected chi connectivity index (χ4v) is 1.90. The van der Waals surface area contributed by atoms with Gasteiger partial charge in [-0.25, -0.2) is 4.98 Å². The van der Waals surface area contributed by atoms with Gasteiger partial charge < -0.3 is 24.7 Å². The highest BCUT2D eigenvalue weighted by Crippen LogP contribution is 2.41. The number of benzene rings is 1. The second-order valence-electron chi connectivity index (χ2n) is 4.13. The standard InChI is InChI=1S/C15H18N2O4/c1-18-12-7-11(8-13(19-2)14(12)20-3)21-15-10(9-16)5-4-6-17-15/h4-8H,9,16H2,1-3H3. The van der Waals surface area contributed by atoms with Crippen molar-refractivity contribution in [2.45, 2.75) is 6.54 Å². The number of aromatic nitrogens is 1. The summed E-state index contributed by atoms with van der Waals surface area (Å²) in [5, 5.41) is 0. The lowest BCUT2D eigenvalue weighted by Crippen LogP contribution is -2.01. The molecule has 0 bridgehead atoms. The molecule has 0 amide bonds. The summed E-state index contributed by atoms with van der Waals surface area (Å²) in [6, 6.07) is 7.08. The quantitative estimate of drug-likeness (QED) is 0.880. The Balaban J connectivity index is 2.40. The van der Waals surface area contributed by atoms with E-state index in [-0.39, 0.29) is 0 Å². The second kappa shape index (κ2) is 6.81. The first-order chi connectivity index (χ1) is 10.2. The van der Waals surface area contributed by atoms with Gasteiger partial charge in [0, 0.05) is 30.4 Å². The zero-order valence-corrected chi connectivity index (χ0v) is 12.3. The largest absolute Gasteiger partial charge is 0.493 e. The van der Waals surface area contributed by atoms with Crippen molar-refractivity contribution < 1.29 is 18.9 Å². The van der Waals surface area contributed by atoms with Crippen LogP contribution in [0.1, 0.15) is 5.56 Å². The maximum atomic E-state index is 5.78. The number of methoxy groups -OCH3 is 3. The van der Waals surface area contributed by atoms with Crippen LogP contribution in [0.25, 0.3) is 0 Å². The van der Waals surface area contributed by atoms with Gasteiger partial charge in [-0.2, -0.15) is 0 Å². The van der Waals surface area contributed by atoms with E-state index in [1.54, 1.807) is 39.7 Å². The number of nitrogens with two attached hydrogens (primary N) is 1. The van der Waals surface area contributed by atoms with Crippen LogP contribution in [0.4, 0.5) is 0 Å². The van der Waals surface area contributed by atoms with E-state index in [1.165, 1.54) is 0 Å². The summed E-state index contributed by atoms with van der Waals surface area (Å²) >= 11 is 0. The molecule has 0 spiro atoms. The van der Waals surface area contributed by atoms with Crippen molar-refractivity contribution in [3.63, 3.8) is 0 Å². The van der Waals surface area contributed by atoms with Gasteiger partial charge in [0.1, 0.15) is 5.75 Å². The zero-order valence-electron chi connectivity index (χ0n) is 12.3. The molecule has 2 N–H and O–H groups in total. The molecular formula is C15H18N2O4. The molecule has 1 aromatic heterocycles. The Hall–Kier alpha value is -2.47. The fraction of sp³-hybridized carbons (Fsp3) is 0.267. The van der Waals surface area contributed by atoms with E-state index in [1.807, 2.05) is 12.1 Å². The average molecular weight is 290 g/mol. The monoisotopic (exact) mass is 290 g/mol. The Morgan fingerprint density at radius 1 is 1.05 bits per heavy atom. The number of hydrogen-bond donors (Lipinski definition) is 1. The molecule has 112 valence electrons. The summed E-state index contributed by atoms with van der Waals surface area (Å²) in [5.41, 5.74) is 6.48. The number of pyridine rings is 1. The Bertz CT molecular complexity index is 591. The third-order valence-electron chi connectivity index (χ3n) is 2.92. The van der Waals surface area contributed by atoms with Crippen molar-refractivity contribution in [1.82, 2.24) is 4.98 Å². The molecule has 21 heavy (non-hydrogen) atoms. The lowest BCUT2D eigenvalue weighted by atomic mass is 10.2. The second-order valence-corrected chi connectivity index (χ2v) is 4.13. The molecule has 0 aliphatic heterocycles. The van der Waals surface area contributed by atoms with Gasteiger partial charge >= 0.3 is 0 Å². The third-order valence-corrected chi connectivity index (χ3v) is 2.92. The van der Waals surface area contributed by atoms with E-state index in [2.05, 4.69) is 4.98 Å². The third kappa shape index (κ3) is 3.17. The first-order valence-electron chi connectivity index (χ1n) is 6.35. The highest BCUT2D eigenvalue weighted by atomic mass is 16.5. The number of rotatable bonds is 6. The van der Waals surface area contributed by atoms with Crippen LogP contribution >= 0.6 is 0 Å². The van der Waals surface area contributed by atoms with Crippen LogP contribution in [0, 0.1) is 0 Å². The minimum atomic E-state index is 0.341. The van der Waals surface area contributed by atoms with E-state index in [0.717, 1.165) is 5.56 Å². The number of hydrogen-bond acceptors (Lipinski definition) is 6. The Kier molecular flexibility index (Phi) is 4.84. The van der Waals surface area contributed by atoms with E-state index in [9.17, 15) is 0 Å². The lowest BCUT2D eigenvalue weighted by Gasteiger charge is -2.15. The van der Waals surface area contributed by atoms with E-state index in [0.29, 0.717) is 35.4 Å². The molecule has 0 atom stereocenters. The molecule has 6 heteroatoms. The Morgan fingerprint density at radius 3 is 2.24 bits per heavy atom. The highest BCUT2D eigenvalue weighted by Gasteiger charge is 2.15. The van der Waals surface area contributed by atoms with Crippen molar-refractivity contribution in [2.24, 2.45) is 5.73 Å². The maximum Gasteiger partial charge on any atom is 0.223 e. The Morgan fingerprint density at radius 2 is 1.71 bits per heavy atom. The summed E-state index contributed by atoms with van der Waals surface area (Å²) in [7, 11) is 4.65. The smallest absolute Gasteiger partial charge is 0.223 e. The van der Waals surface area contributed by atoms with Crippen molar-refractivity contribution in [1.29, 1.82) is 0 Å². The lowest BCUT2D eigenvalue weighted by molar-refractivity contribution is 0.320. The van der Waals surface area contributed by atoms with Crippen LogP contribution in [-0.4, -0.2) is 26.3 Å². The molecule has 0 radical (unpaired) electrons. The van der Waals surface area contributed by atoms with E-state index in [4.69, 9.17) is 24.7 Å². The first kappa shape index (κ1) is 14.9. The number of ether oxygens (including phenoxy) is 4. The number of nitrogens with zero attached hydrogens (tertiary/aromatic N) is 1. The van der Waals surface area contributed by atoms with Gasteiger partial charge in [0.15, 0.2) is 11.5 Å². The van der Waals surface area contributed by atoms with Crippen LogP contribution in [0.2, 0.25) is 0 Å². The maximum absolute atomic E-state index is 5.78. The van der Waals surface area contributed by atoms with Crippen molar-refractivity contribution in [3.05, 3.63) is 36.0 Å². The van der Waals surface area contributed by atoms with Gasteiger partial charge in [0.25, 0.3) is 0 Å². The molecule has 2 aromatic rings. The molecule has 2 rings (SSSR count). The minimum Gasteiger partial charge on any atom is -0.493 e. The molecule has 0 unspecified atom stereocenters. The topological polar surface area (TPSA) is 75.8 Å².